The number of rotatable bonds is 8. The van der Waals surface area contributed by atoms with E-state index in [1.807, 2.05) is 35.2 Å². The number of anilines is 1. The van der Waals surface area contributed by atoms with Crippen molar-refractivity contribution < 1.29 is 4.79 Å². The summed E-state index contributed by atoms with van der Waals surface area (Å²) in [6.07, 6.45) is 3.34. The number of nitrogens with zero attached hydrogens (tertiary/aromatic N) is 3. The molecule has 4 nitrogen and oxygen atoms in total. The van der Waals surface area contributed by atoms with Crippen LogP contribution in [0.1, 0.15) is 44.2 Å². The Morgan fingerprint density at radius 1 is 1.27 bits per heavy atom. The second-order valence-electron chi connectivity index (χ2n) is 8.42. The standard InChI is InChI=1S/C25H30ClN3O/c1-19(2)12-15-29(22-10-9-21(17-27)24(26)16-22)23-13-14-28(18-23)25(30)11-8-20-6-4-3-5-7-20/h3-7,9-10,16,19,23H,8,11-15,18H2,1-2H3. The summed E-state index contributed by atoms with van der Waals surface area (Å²) in [5, 5.41) is 9.66. The van der Waals surface area contributed by atoms with Gasteiger partial charge in [-0.25, -0.2) is 0 Å². The van der Waals surface area contributed by atoms with Crippen molar-refractivity contribution in [1.29, 1.82) is 5.26 Å². The number of hydrogen-bond acceptors (Lipinski definition) is 3. The molecule has 1 aliphatic rings. The van der Waals surface area contributed by atoms with Crippen LogP contribution in [0.2, 0.25) is 5.02 Å². The predicted molar refractivity (Wildman–Crippen MR) is 123 cm³/mol. The third-order valence-electron chi connectivity index (χ3n) is 5.78. The number of nitriles is 1. The zero-order valence-corrected chi connectivity index (χ0v) is 18.6. The molecule has 2 aromatic carbocycles. The van der Waals surface area contributed by atoms with Gasteiger partial charge in [0.25, 0.3) is 0 Å². The molecule has 1 amide bonds. The van der Waals surface area contributed by atoms with Crippen molar-refractivity contribution in [2.45, 2.75) is 45.6 Å². The quantitative estimate of drug-likeness (QED) is 0.578. The van der Waals surface area contributed by atoms with Gasteiger partial charge in [0.15, 0.2) is 0 Å². The Bertz CT molecular complexity index is 891. The highest BCUT2D eigenvalue weighted by atomic mass is 35.5. The van der Waals surface area contributed by atoms with Crippen LogP contribution in [-0.2, 0) is 11.2 Å². The first-order valence-electron chi connectivity index (χ1n) is 10.8. The summed E-state index contributed by atoms with van der Waals surface area (Å²) >= 11 is 6.31. The van der Waals surface area contributed by atoms with Gasteiger partial charge in [-0.1, -0.05) is 55.8 Å². The first-order chi connectivity index (χ1) is 14.5. The normalized spacial score (nSPS) is 16.0. The third kappa shape index (κ3) is 5.77. The number of halogens is 1. The molecule has 2 aromatic rings. The molecule has 0 N–H and O–H groups in total. The van der Waals surface area contributed by atoms with E-state index in [4.69, 9.17) is 11.6 Å². The van der Waals surface area contributed by atoms with E-state index in [1.165, 1.54) is 5.56 Å². The monoisotopic (exact) mass is 423 g/mol. The van der Waals surface area contributed by atoms with E-state index in [9.17, 15) is 10.1 Å². The molecule has 0 saturated carbocycles. The maximum atomic E-state index is 12.8. The number of amides is 1. The molecule has 0 aromatic heterocycles. The average molecular weight is 424 g/mol. The minimum atomic E-state index is 0.225. The number of likely N-dealkylation sites (tertiary alicyclic amines) is 1. The first kappa shape index (κ1) is 22.2. The van der Waals surface area contributed by atoms with Crippen LogP contribution >= 0.6 is 11.6 Å². The summed E-state index contributed by atoms with van der Waals surface area (Å²) in [6.45, 7) is 6.89. The lowest BCUT2D eigenvalue weighted by atomic mass is 10.1. The highest BCUT2D eigenvalue weighted by Crippen LogP contribution is 2.28. The van der Waals surface area contributed by atoms with Gasteiger partial charge in [0, 0.05) is 37.8 Å². The minimum Gasteiger partial charge on any atom is -0.367 e. The van der Waals surface area contributed by atoms with Crippen molar-refractivity contribution >= 4 is 23.2 Å². The van der Waals surface area contributed by atoms with Gasteiger partial charge >= 0.3 is 0 Å². The maximum Gasteiger partial charge on any atom is 0.222 e. The molecular formula is C25H30ClN3O. The Hall–Kier alpha value is -2.51. The largest absolute Gasteiger partial charge is 0.367 e. The summed E-state index contributed by atoms with van der Waals surface area (Å²) in [5.74, 6) is 0.814. The lowest BCUT2D eigenvalue weighted by molar-refractivity contribution is -0.130. The molecule has 0 radical (unpaired) electrons. The Morgan fingerprint density at radius 2 is 2.03 bits per heavy atom. The fourth-order valence-electron chi connectivity index (χ4n) is 3.97. The molecule has 30 heavy (non-hydrogen) atoms. The highest BCUT2D eigenvalue weighted by Gasteiger charge is 2.30. The van der Waals surface area contributed by atoms with E-state index in [0.29, 0.717) is 22.9 Å². The fourth-order valence-corrected chi connectivity index (χ4v) is 4.19. The van der Waals surface area contributed by atoms with Gasteiger partial charge < -0.3 is 9.80 Å². The molecule has 0 aliphatic carbocycles. The van der Waals surface area contributed by atoms with Crippen molar-refractivity contribution in [3.05, 3.63) is 64.7 Å². The number of carbonyl (C=O) groups excluding carboxylic acids is 1. The van der Waals surface area contributed by atoms with Crippen LogP contribution in [0, 0.1) is 17.2 Å². The molecule has 3 rings (SSSR count). The Kier molecular flexibility index (Phi) is 7.76. The predicted octanol–water partition coefficient (Wildman–Crippen LogP) is 5.30. The Morgan fingerprint density at radius 3 is 2.70 bits per heavy atom. The van der Waals surface area contributed by atoms with Gasteiger partial charge in [-0.05, 0) is 48.9 Å². The zero-order valence-electron chi connectivity index (χ0n) is 17.9. The van der Waals surface area contributed by atoms with Crippen LogP contribution in [0.4, 0.5) is 5.69 Å². The molecule has 1 unspecified atom stereocenters. The molecule has 0 spiro atoms. The Labute approximate surface area is 185 Å². The molecule has 1 fully saturated rings. The fraction of sp³-hybridized carbons (Fsp3) is 0.440. The van der Waals surface area contributed by atoms with Crippen LogP contribution in [0.25, 0.3) is 0 Å². The second kappa shape index (κ2) is 10.5. The van der Waals surface area contributed by atoms with Crippen LogP contribution in [-0.4, -0.2) is 36.5 Å². The van der Waals surface area contributed by atoms with E-state index < -0.39 is 0 Å². The van der Waals surface area contributed by atoms with Crippen LogP contribution in [0.5, 0.6) is 0 Å². The van der Waals surface area contributed by atoms with Gasteiger partial charge in [-0.3, -0.25) is 4.79 Å². The second-order valence-corrected chi connectivity index (χ2v) is 8.83. The van der Waals surface area contributed by atoms with Crippen molar-refractivity contribution in [1.82, 2.24) is 4.90 Å². The SMILES string of the molecule is CC(C)CCN(c1ccc(C#N)c(Cl)c1)C1CCN(C(=O)CCc2ccccc2)C1. The van der Waals surface area contributed by atoms with E-state index >= 15 is 0 Å². The lowest BCUT2D eigenvalue weighted by Gasteiger charge is -2.32. The van der Waals surface area contributed by atoms with E-state index in [-0.39, 0.29) is 11.9 Å². The van der Waals surface area contributed by atoms with Crippen molar-refractivity contribution in [2.24, 2.45) is 5.92 Å². The van der Waals surface area contributed by atoms with Crippen molar-refractivity contribution in [2.75, 3.05) is 24.5 Å². The van der Waals surface area contributed by atoms with Crippen molar-refractivity contribution in [3.8, 4) is 6.07 Å². The molecule has 1 atom stereocenters. The van der Waals surface area contributed by atoms with Gasteiger partial charge in [0.05, 0.1) is 10.6 Å². The molecule has 5 heteroatoms. The highest BCUT2D eigenvalue weighted by molar-refractivity contribution is 6.32. The number of hydrogen-bond donors (Lipinski definition) is 0. The van der Waals surface area contributed by atoms with E-state index in [0.717, 1.165) is 44.6 Å². The smallest absolute Gasteiger partial charge is 0.222 e. The minimum absolute atomic E-state index is 0.225. The Balaban J connectivity index is 1.66. The average Bonchev–Trinajstić information content (AvgIpc) is 3.23. The first-order valence-corrected chi connectivity index (χ1v) is 11.1. The number of benzene rings is 2. The summed E-state index contributed by atoms with van der Waals surface area (Å²) < 4.78 is 0. The third-order valence-corrected chi connectivity index (χ3v) is 6.09. The summed E-state index contributed by atoms with van der Waals surface area (Å²) in [7, 11) is 0. The topological polar surface area (TPSA) is 47.3 Å². The van der Waals surface area contributed by atoms with E-state index in [1.54, 1.807) is 6.07 Å². The molecular weight excluding hydrogens is 394 g/mol. The molecule has 158 valence electrons. The molecule has 1 heterocycles. The van der Waals surface area contributed by atoms with Gasteiger partial charge in [-0.15, -0.1) is 0 Å². The molecule has 0 bridgehead atoms. The summed E-state index contributed by atoms with van der Waals surface area (Å²) in [5.41, 5.74) is 2.73. The van der Waals surface area contributed by atoms with Crippen LogP contribution < -0.4 is 4.90 Å². The summed E-state index contributed by atoms with van der Waals surface area (Å²) in [4.78, 5) is 17.2. The maximum absolute atomic E-state index is 12.8. The van der Waals surface area contributed by atoms with Crippen molar-refractivity contribution in [3.63, 3.8) is 0 Å². The zero-order chi connectivity index (χ0) is 21.5. The van der Waals surface area contributed by atoms with E-state index in [2.05, 4.69) is 36.9 Å². The molecule has 1 saturated heterocycles. The van der Waals surface area contributed by atoms with Gasteiger partial charge in [0.2, 0.25) is 5.91 Å². The van der Waals surface area contributed by atoms with Gasteiger partial charge in [0.1, 0.15) is 6.07 Å². The molecule has 1 aliphatic heterocycles. The van der Waals surface area contributed by atoms with Crippen LogP contribution in [0.3, 0.4) is 0 Å². The van der Waals surface area contributed by atoms with Gasteiger partial charge in [-0.2, -0.15) is 5.26 Å². The number of aryl methyl sites for hydroxylation is 1. The van der Waals surface area contributed by atoms with Crippen LogP contribution in [0.15, 0.2) is 48.5 Å². The lowest BCUT2D eigenvalue weighted by Crippen LogP contribution is -2.40. The number of carbonyl (C=O) groups is 1. The summed E-state index contributed by atoms with van der Waals surface area (Å²) in [6, 6.07) is 18.2.